The number of amides is 1. The van der Waals surface area contributed by atoms with E-state index in [1.807, 2.05) is 22.9 Å². The van der Waals surface area contributed by atoms with Gasteiger partial charge in [-0.1, -0.05) is 6.07 Å². The number of carbonyl (C=O) groups is 1. The number of hydrogen-bond donors (Lipinski definition) is 1. The highest BCUT2D eigenvalue weighted by atomic mass is 16.6. The maximum Gasteiger partial charge on any atom is 0.273 e. The molecule has 0 spiro atoms. The van der Waals surface area contributed by atoms with Crippen LogP contribution in [0.15, 0.2) is 61.2 Å². The Morgan fingerprint density at radius 2 is 1.96 bits per heavy atom. The van der Waals surface area contributed by atoms with Crippen LogP contribution in [0.5, 0.6) is 0 Å². The van der Waals surface area contributed by atoms with Gasteiger partial charge in [0.2, 0.25) is 0 Å². The summed E-state index contributed by atoms with van der Waals surface area (Å²) in [7, 11) is 0. The molecule has 3 rings (SSSR count). The highest BCUT2D eigenvalue weighted by Crippen LogP contribution is 2.20. The first kappa shape index (κ1) is 15.4. The molecule has 0 fully saturated rings. The van der Waals surface area contributed by atoms with Gasteiger partial charge in [-0.05, 0) is 37.3 Å². The van der Waals surface area contributed by atoms with E-state index in [-0.39, 0.29) is 11.3 Å². The second-order valence-electron chi connectivity index (χ2n) is 5.23. The lowest BCUT2D eigenvalue weighted by molar-refractivity contribution is -0.385. The van der Waals surface area contributed by atoms with Gasteiger partial charge in [0.25, 0.3) is 11.6 Å². The van der Waals surface area contributed by atoms with Crippen molar-refractivity contribution in [2.45, 2.75) is 6.92 Å². The first-order valence-electron chi connectivity index (χ1n) is 7.19. The predicted molar refractivity (Wildman–Crippen MR) is 89.4 cm³/mol. The van der Waals surface area contributed by atoms with Crippen LogP contribution in [0.25, 0.3) is 5.69 Å². The first-order chi connectivity index (χ1) is 11.5. The van der Waals surface area contributed by atoms with Gasteiger partial charge in [0, 0.05) is 41.0 Å². The number of benzene rings is 2. The number of nitrogens with zero attached hydrogens (tertiary/aromatic N) is 3. The van der Waals surface area contributed by atoms with E-state index in [1.54, 1.807) is 43.7 Å². The lowest BCUT2D eigenvalue weighted by atomic mass is 10.1. The summed E-state index contributed by atoms with van der Waals surface area (Å²) in [6.07, 6.45) is 5.18. The second kappa shape index (κ2) is 6.33. The average molecular weight is 322 g/mol. The Morgan fingerprint density at radius 3 is 2.58 bits per heavy atom. The van der Waals surface area contributed by atoms with E-state index >= 15 is 0 Å². The largest absolute Gasteiger partial charge is 0.322 e. The van der Waals surface area contributed by atoms with Crippen LogP contribution in [0.1, 0.15) is 15.9 Å². The number of aryl methyl sites for hydroxylation is 1. The molecule has 0 aliphatic rings. The number of rotatable bonds is 4. The average Bonchev–Trinajstić information content (AvgIpc) is 3.10. The highest BCUT2D eigenvalue weighted by Gasteiger charge is 2.15. The Morgan fingerprint density at radius 1 is 1.21 bits per heavy atom. The van der Waals surface area contributed by atoms with E-state index in [9.17, 15) is 14.9 Å². The summed E-state index contributed by atoms with van der Waals surface area (Å²) >= 11 is 0. The zero-order chi connectivity index (χ0) is 17.1. The van der Waals surface area contributed by atoms with Gasteiger partial charge in [-0.25, -0.2) is 4.98 Å². The van der Waals surface area contributed by atoms with Gasteiger partial charge in [0.1, 0.15) is 0 Å². The van der Waals surface area contributed by atoms with Crippen molar-refractivity contribution < 1.29 is 9.72 Å². The van der Waals surface area contributed by atoms with Crippen molar-refractivity contribution in [1.29, 1.82) is 0 Å². The minimum atomic E-state index is -0.494. The zero-order valence-electron chi connectivity index (χ0n) is 12.8. The fourth-order valence-corrected chi connectivity index (χ4v) is 2.28. The van der Waals surface area contributed by atoms with Crippen LogP contribution in [-0.4, -0.2) is 20.4 Å². The summed E-state index contributed by atoms with van der Waals surface area (Å²) in [4.78, 5) is 26.7. The van der Waals surface area contributed by atoms with E-state index in [0.29, 0.717) is 11.3 Å². The van der Waals surface area contributed by atoms with Gasteiger partial charge in [0.05, 0.1) is 11.3 Å². The molecule has 120 valence electrons. The molecular formula is C17H14N4O3. The van der Waals surface area contributed by atoms with Gasteiger partial charge in [-0.15, -0.1) is 0 Å². The van der Waals surface area contributed by atoms with Gasteiger partial charge in [-0.2, -0.15) is 0 Å². The van der Waals surface area contributed by atoms with Crippen molar-refractivity contribution in [1.82, 2.24) is 9.55 Å². The second-order valence-corrected chi connectivity index (χ2v) is 5.23. The summed E-state index contributed by atoms with van der Waals surface area (Å²) in [6, 6.07) is 11.6. The summed E-state index contributed by atoms with van der Waals surface area (Å²) in [6.45, 7) is 1.63. The van der Waals surface area contributed by atoms with E-state index in [2.05, 4.69) is 10.3 Å². The number of imidazole rings is 1. The number of nitro benzene ring substituents is 1. The minimum Gasteiger partial charge on any atom is -0.322 e. The molecule has 1 aromatic heterocycles. The van der Waals surface area contributed by atoms with E-state index in [0.717, 1.165) is 5.69 Å². The van der Waals surface area contributed by atoms with E-state index in [4.69, 9.17) is 0 Å². The number of hydrogen-bond acceptors (Lipinski definition) is 4. The molecule has 1 amide bonds. The Hall–Kier alpha value is -3.48. The van der Waals surface area contributed by atoms with Crippen LogP contribution in [0.3, 0.4) is 0 Å². The molecule has 0 unspecified atom stereocenters. The van der Waals surface area contributed by atoms with Crippen molar-refractivity contribution in [3.63, 3.8) is 0 Å². The van der Waals surface area contributed by atoms with Crippen LogP contribution >= 0.6 is 0 Å². The Bertz CT molecular complexity index is 887. The maximum atomic E-state index is 12.3. The standard InChI is InChI=1S/C17H14N4O3/c1-12-2-3-13(10-16(12)21(23)24)17(22)19-14-4-6-15(7-5-14)20-9-8-18-11-20/h2-11H,1H3,(H,19,22). The van der Waals surface area contributed by atoms with Crippen molar-refractivity contribution in [3.8, 4) is 5.69 Å². The lowest BCUT2D eigenvalue weighted by Crippen LogP contribution is -2.12. The van der Waals surface area contributed by atoms with Crippen molar-refractivity contribution in [3.05, 3.63) is 82.4 Å². The van der Waals surface area contributed by atoms with Crippen molar-refractivity contribution >= 4 is 17.3 Å². The van der Waals surface area contributed by atoms with Crippen molar-refractivity contribution in [2.75, 3.05) is 5.32 Å². The fraction of sp³-hybridized carbons (Fsp3) is 0.0588. The van der Waals surface area contributed by atoms with Gasteiger partial charge < -0.3 is 9.88 Å². The number of carbonyl (C=O) groups excluding carboxylic acids is 1. The zero-order valence-corrected chi connectivity index (χ0v) is 12.8. The quantitative estimate of drug-likeness (QED) is 0.589. The summed E-state index contributed by atoms with van der Waals surface area (Å²) < 4.78 is 1.84. The molecule has 0 aliphatic carbocycles. The molecule has 0 saturated carbocycles. The van der Waals surface area contributed by atoms with Crippen molar-refractivity contribution in [2.24, 2.45) is 0 Å². The Balaban J connectivity index is 1.77. The topological polar surface area (TPSA) is 90.1 Å². The van der Waals surface area contributed by atoms with E-state index in [1.165, 1.54) is 6.07 Å². The SMILES string of the molecule is Cc1ccc(C(=O)Nc2ccc(-n3ccnc3)cc2)cc1[N+](=O)[O-]. The Kier molecular flexibility index (Phi) is 4.07. The first-order valence-corrected chi connectivity index (χ1v) is 7.19. The number of aromatic nitrogens is 2. The van der Waals surface area contributed by atoms with Gasteiger partial charge in [0.15, 0.2) is 0 Å². The smallest absolute Gasteiger partial charge is 0.273 e. The van der Waals surface area contributed by atoms with Crippen LogP contribution in [0.2, 0.25) is 0 Å². The van der Waals surface area contributed by atoms with Gasteiger partial charge >= 0.3 is 0 Å². The molecule has 2 aromatic carbocycles. The number of nitro groups is 1. The van der Waals surface area contributed by atoms with Gasteiger partial charge in [-0.3, -0.25) is 14.9 Å². The van der Waals surface area contributed by atoms with Crippen LogP contribution in [0, 0.1) is 17.0 Å². The molecule has 24 heavy (non-hydrogen) atoms. The predicted octanol–water partition coefficient (Wildman–Crippen LogP) is 3.34. The molecule has 1 N–H and O–H groups in total. The molecular weight excluding hydrogens is 308 g/mol. The fourth-order valence-electron chi connectivity index (χ4n) is 2.28. The molecule has 0 bridgehead atoms. The molecule has 7 heteroatoms. The van der Waals surface area contributed by atoms with Crippen LogP contribution in [0.4, 0.5) is 11.4 Å². The highest BCUT2D eigenvalue weighted by molar-refractivity contribution is 6.04. The lowest BCUT2D eigenvalue weighted by Gasteiger charge is -2.07. The number of nitrogens with one attached hydrogen (secondary N) is 1. The third kappa shape index (κ3) is 3.14. The molecule has 0 saturated heterocycles. The molecule has 0 aliphatic heterocycles. The minimum absolute atomic E-state index is 0.0712. The molecule has 0 atom stereocenters. The molecule has 1 heterocycles. The third-order valence-electron chi connectivity index (χ3n) is 3.60. The summed E-state index contributed by atoms with van der Waals surface area (Å²) in [5.74, 6) is -0.395. The molecule has 7 nitrogen and oxygen atoms in total. The third-order valence-corrected chi connectivity index (χ3v) is 3.60. The Labute approximate surface area is 137 Å². The molecule has 3 aromatic rings. The van der Waals surface area contributed by atoms with Crippen LogP contribution in [-0.2, 0) is 0 Å². The normalized spacial score (nSPS) is 10.4. The molecule has 0 radical (unpaired) electrons. The summed E-state index contributed by atoms with van der Waals surface area (Å²) in [5.41, 5.74) is 2.20. The summed E-state index contributed by atoms with van der Waals surface area (Å²) in [5, 5.41) is 13.7. The monoisotopic (exact) mass is 322 g/mol. The number of anilines is 1. The van der Waals surface area contributed by atoms with E-state index < -0.39 is 10.8 Å². The van der Waals surface area contributed by atoms with Crippen LogP contribution < -0.4 is 5.32 Å². The maximum absolute atomic E-state index is 12.3.